The van der Waals surface area contributed by atoms with E-state index in [4.69, 9.17) is 9.47 Å². The smallest absolute Gasteiger partial charge is 0.193 e. The van der Waals surface area contributed by atoms with Gasteiger partial charge in [0.1, 0.15) is 23.0 Å². The van der Waals surface area contributed by atoms with E-state index in [1.807, 2.05) is 98.8 Å². The Balaban J connectivity index is 1.01. The van der Waals surface area contributed by atoms with Gasteiger partial charge in [0.25, 0.3) is 0 Å². The van der Waals surface area contributed by atoms with Gasteiger partial charge >= 0.3 is 0 Å². The fourth-order valence-electron chi connectivity index (χ4n) is 5.88. The van der Waals surface area contributed by atoms with Crippen molar-refractivity contribution >= 4 is 17.3 Å². The van der Waals surface area contributed by atoms with Crippen molar-refractivity contribution in [3.05, 3.63) is 214 Å². The summed E-state index contributed by atoms with van der Waals surface area (Å²) in [4.78, 5) is 40.0. The maximum Gasteiger partial charge on any atom is 0.193 e. The van der Waals surface area contributed by atoms with Gasteiger partial charge in [0.2, 0.25) is 0 Å². The van der Waals surface area contributed by atoms with E-state index in [2.05, 4.69) is 0 Å². The van der Waals surface area contributed by atoms with Crippen molar-refractivity contribution in [2.75, 3.05) is 0 Å². The fraction of sp³-hybridized carbons (Fsp3) is 0.0426. The second-order valence-corrected chi connectivity index (χ2v) is 12.6. The number of ether oxygens (including phenoxy) is 2. The van der Waals surface area contributed by atoms with Gasteiger partial charge in [-0.25, -0.2) is 0 Å². The molecule has 5 nitrogen and oxygen atoms in total. The van der Waals surface area contributed by atoms with Crippen molar-refractivity contribution in [3.63, 3.8) is 0 Å². The Morgan fingerprint density at radius 2 is 0.731 bits per heavy atom. The zero-order valence-electron chi connectivity index (χ0n) is 28.7. The lowest BCUT2D eigenvalue weighted by Gasteiger charge is -2.12. The van der Waals surface area contributed by atoms with Crippen LogP contribution in [0.25, 0.3) is 11.1 Å². The standard InChI is InChI=1S/C47H34O5/c1-31-8-11-34(12-9-31)45(48)36-17-23-41(24-18-36)52-42-25-19-37(20-26-42)46(49)35-15-13-33(14-16-35)43-29-10-32(2)30-44(43)47(50)38-21-27-40(28-22-38)51-39-6-4-3-5-7-39/h3-30H,1-2H3. The third-order valence-electron chi connectivity index (χ3n) is 8.76. The molecular formula is C47H34O5. The lowest BCUT2D eigenvalue weighted by molar-refractivity contribution is 0.103. The molecule has 0 aliphatic carbocycles. The summed E-state index contributed by atoms with van der Waals surface area (Å²) in [6.07, 6.45) is 0. The molecule has 252 valence electrons. The average Bonchev–Trinajstić information content (AvgIpc) is 3.19. The first-order valence-corrected chi connectivity index (χ1v) is 16.9. The van der Waals surface area contributed by atoms with E-state index < -0.39 is 0 Å². The van der Waals surface area contributed by atoms with Gasteiger partial charge in [0.05, 0.1) is 0 Å². The van der Waals surface area contributed by atoms with E-state index >= 15 is 0 Å². The molecule has 0 saturated carbocycles. The molecule has 0 amide bonds. The number of carbonyl (C=O) groups excluding carboxylic acids is 3. The molecule has 0 unspecified atom stereocenters. The van der Waals surface area contributed by atoms with Gasteiger partial charge in [-0.05, 0) is 116 Å². The highest BCUT2D eigenvalue weighted by atomic mass is 16.5. The summed E-state index contributed by atoms with van der Waals surface area (Å²) in [5.74, 6) is 2.24. The van der Waals surface area contributed by atoms with Gasteiger partial charge in [0.15, 0.2) is 17.3 Å². The Bertz CT molecular complexity index is 2360. The van der Waals surface area contributed by atoms with Crippen LogP contribution in [0.5, 0.6) is 23.0 Å². The van der Waals surface area contributed by atoms with E-state index in [0.717, 1.165) is 28.0 Å². The predicted octanol–water partition coefficient (Wildman–Crippen LogP) is 11.2. The van der Waals surface area contributed by atoms with Crippen molar-refractivity contribution in [3.8, 4) is 34.1 Å². The Labute approximate surface area is 302 Å². The second kappa shape index (κ2) is 15.0. The molecule has 0 aromatic heterocycles. The van der Waals surface area contributed by atoms with Crippen LogP contribution in [0.15, 0.2) is 170 Å². The predicted molar refractivity (Wildman–Crippen MR) is 204 cm³/mol. The molecule has 0 aliphatic rings. The Hall–Kier alpha value is -6.85. The highest BCUT2D eigenvalue weighted by molar-refractivity contribution is 6.13. The molecule has 0 radical (unpaired) electrons. The van der Waals surface area contributed by atoms with Gasteiger partial charge < -0.3 is 9.47 Å². The number of aryl methyl sites for hydroxylation is 2. The highest BCUT2D eigenvalue weighted by Gasteiger charge is 2.17. The quantitative estimate of drug-likeness (QED) is 0.127. The molecule has 5 heteroatoms. The number of carbonyl (C=O) groups is 3. The zero-order chi connectivity index (χ0) is 36.0. The van der Waals surface area contributed by atoms with Crippen LogP contribution >= 0.6 is 0 Å². The van der Waals surface area contributed by atoms with Crippen molar-refractivity contribution in [1.82, 2.24) is 0 Å². The fourth-order valence-corrected chi connectivity index (χ4v) is 5.88. The normalized spacial score (nSPS) is 10.7. The van der Waals surface area contributed by atoms with Crippen LogP contribution in [-0.4, -0.2) is 17.3 Å². The van der Waals surface area contributed by atoms with Crippen LogP contribution in [0.2, 0.25) is 0 Å². The molecule has 0 spiro atoms. The first-order chi connectivity index (χ1) is 25.3. The summed E-state index contributed by atoms with van der Waals surface area (Å²) in [6, 6.07) is 51.2. The number of hydrogen-bond donors (Lipinski definition) is 0. The van der Waals surface area contributed by atoms with E-state index in [1.54, 1.807) is 84.9 Å². The monoisotopic (exact) mass is 678 g/mol. The van der Waals surface area contributed by atoms with Crippen molar-refractivity contribution < 1.29 is 23.9 Å². The molecule has 7 aromatic rings. The van der Waals surface area contributed by atoms with Crippen LogP contribution in [-0.2, 0) is 0 Å². The topological polar surface area (TPSA) is 69.7 Å². The second-order valence-electron chi connectivity index (χ2n) is 12.6. The highest BCUT2D eigenvalue weighted by Crippen LogP contribution is 2.30. The van der Waals surface area contributed by atoms with Crippen molar-refractivity contribution in [1.29, 1.82) is 0 Å². The third-order valence-corrected chi connectivity index (χ3v) is 8.76. The Morgan fingerprint density at radius 1 is 0.365 bits per heavy atom. The largest absolute Gasteiger partial charge is 0.457 e. The third kappa shape index (κ3) is 7.64. The number of para-hydroxylation sites is 1. The van der Waals surface area contributed by atoms with Gasteiger partial charge in [-0.2, -0.15) is 0 Å². The molecule has 52 heavy (non-hydrogen) atoms. The molecule has 0 atom stereocenters. The van der Waals surface area contributed by atoms with E-state index in [0.29, 0.717) is 50.6 Å². The lowest BCUT2D eigenvalue weighted by Crippen LogP contribution is -2.05. The molecule has 0 saturated heterocycles. The molecule has 0 bridgehead atoms. The minimum atomic E-state index is -0.130. The molecule has 7 rings (SSSR count). The van der Waals surface area contributed by atoms with Crippen molar-refractivity contribution in [2.45, 2.75) is 13.8 Å². The maximum absolute atomic E-state index is 13.8. The van der Waals surface area contributed by atoms with E-state index in [1.165, 1.54) is 0 Å². The van der Waals surface area contributed by atoms with Gasteiger partial charge in [-0.3, -0.25) is 14.4 Å². The van der Waals surface area contributed by atoms with Crippen molar-refractivity contribution in [2.24, 2.45) is 0 Å². The summed E-state index contributed by atoms with van der Waals surface area (Å²) in [5.41, 5.74) is 7.08. The van der Waals surface area contributed by atoms with E-state index in [-0.39, 0.29) is 17.3 Å². The number of rotatable bonds is 11. The summed E-state index contributed by atoms with van der Waals surface area (Å²) >= 11 is 0. The molecule has 7 aromatic carbocycles. The van der Waals surface area contributed by atoms with E-state index in [9.17, 15) is 14.4 Å². The summed E-state index contributed by atoms with van der Waals surface area (Å²) in [7, 11) is 0. The minimum Gasteiger partial charge on any atom is -0.457 e. The van der Waals surface area contributed by atoms with Crippen LogP contribution in [0.1, 0.15) is 58.9 Å². The number of hydrogen-bond acceptors (Lipinski definition) is 5. The van der Waals surface area contributed by atoms with Gasteiger partial charge in [0, 0.05) is 33.4 Å². The number of ketones is 3. The first-order valence-electron chi connectivity index (χ1n) is 16.9. The molecule has 0 heterocycles. The zero-order valence-corrected chi connectivity index (χ0v) is 28.7. The van der Waals surface area contributed by atoms with Crippen LogP contribution < -0.4 is 9.47 Å². The first kappa shape index (κ1) is 33.6. The summed E-state index contributed by atoms with van der Waals surface area (Å²) < 4.78 is 11.9. The average molecular weight is 679 g/mol. The Morgan fingerprint density at radius 3 is 1.19 bits per heavy atom. The minimum absolute atomic E-state index is 0.0493. The molecular weight excluding hydrogens is 645 g/mol. The molecule has 0 aliphatic heterocycles. The SMILES string of the molecule is Cc1ccc(C(=O)c2ccc(Oc3ccc(C(=O)c4ccc(-c5ccc(C)cc5C(=O)c5ccc(Oc6ccccc6)cc5)cc4)cc3)cc2)cc1. The Kier molecular flexibility index (Phi) is 9.67. The summed E-state index contributed by atoms with van der Waals surface area (Å²) in [5, 5.41) is 0. The molecule has 0 fully saturated rings. The van der Waals surface area contributed by atoms with Gasteiger partial charge in [-0.15, -0.1) is 0 Å². The van der Waals surface area contributed by atoms with Crippen LogP contribution in [0.4, 0.5) is 0 Å². The molecule has 0 N–H and O–H groups in total. The number of benzene rings is 7. The van der Waals surface area contributed by atoms with Crippen LogP contribution in [0, 0.1) is 13.8 Å². The van der Waals surface area contributed by atoms with Gasteiger partial charge in [-0.1, -0.05) is 90.0 Å². The lowest BCUT2D eigenvalue weighted by atomic mass is 9.91. The maximum atomic E-state index is 13.8. The summed E-state index contributed by atoms with van der Waals surface area (Å²) in [6.45, 7) is 3.94. The van der Waals surface area contributed by atoms with Crippen LogP contribution in [0.3, 0.4) is 0 Å².